The highest BCUT2D eigenvalue weighted by Gasteiger charge is 2.28. The summed E-state index contributed by atoms with van der Waals surface area (Å²) in [4.78, 5) is 4.24. The average molecular weight is 306 g/mol. The van der Waals surface area contributed by atoms with Crippen molar-refractivity contribution in [1.82, 2.24) is 9.71 Å². The molecule has 0 bridgehead atoms. The van der Waals surface area contributed by atoms with E-state index in [4.69, 9.17) is 0 Å². The van der Waals surface area contributed by atoms with Gasteiger partial charge < -0.3 is 5.11 Å². The van der Waals surface area contributed by atoms with E-state index in [1.165, 1.54) is 0 Å². The van der Waals surface area contributed by atoms with Gasteiger partial charge in [0, 0.05) is 29.2 Å². The van der Waals surface area contributed by atoms with E-state index >= 15 is 0 Å². The van der Waals surface area contributed by atoms with Gasteiger partial charge in [-0.25, -0.2) is 13.1 Å². The first kappa shape index (κ1) is 14.4. The largest absolute Gasteiger partial charge is 0.391 e. The van der Waals surface area contributed by atoms with E-state index in [9.17, 15) is 13.5 Å². The zero-order valence-electron chi connectivity index (χ0n) is 11.6. The van der Waals surface area contributed by atoms with Crippen LogP contribution in [0.3, 0.4) is 0 Å². The predicted molar refractivity (Wildman–Crippen MR) is 80.3 cm³/mol. The van der Waals surface area contributed by atoms with Crippen molar-refractivity contribution in [1.29, 1.82) is 0 Å². The summed E-state index contributed by atoms with van der Waals surface area (Å²) < 4.78 is 27.9. The third-order valence-electron chi connectivity index (χ3n) is 3.97. The van der Waals surface area contributed by atoms with Crippen molar-refractivity contribution in [2.75, 3.05) is 0 Å². The monoisotopic (exact) mass is 306 g/mol. The maximum atomic E-state index is 12.6. The fourth-order valence-corrected chi connectivity index (χ4v) is 4.37. The molecule has 1 aliphatic carbocycles. The number of pyridine rings is 1. The molecule has 2 aromatic rings. The van der Waals surface area contributed by atoms with E-state index in [1.807, 2.05) is 6.07 Å². The minimum atomic E-state index is -3.66. The lowest BCUT2D eigenvalue weighted by Gasteiger charge is -2.28. The number of aromatic nitrogens is 1. The molecule has 1 saturated carbocycles. The van der Waals surface area contributed by atoms with Crippen LogP contribution in [0.1, 0.15) is 25.7 Å². The number of nitrogens with one attached hydrogen (secondary N) is 1. The predicted octanol–water partition coefficient (Wildman–Crippen LogP) is 1.82. The first-order valence-corrected chi connectivity index (χ1v) is 8.59. The summed E-state index contributed by atoms with van der Waals surface area (Å²) in [7, 11) is -3.66. The van der Waals surface area contributed by atoms with E-state index in [-0.39, 0.29) is 4.90 Å². The van der Waals surface area contributed by atoms with Crippen LogP contribution in [0.15, 0.2) is 41.6 Å². The maximum Gasteiger partial charge on any atom is 0.241 e. The van der Waals surface area contributed by atoms with Crippen LogP contribution in [0, 0.1) is 0 Å². The molecule has 6 heteroatoms. The number of hydrogen-bond donors (Lipinski definition) is 2. The summed E-state index contributed by atoms with van der Waals surface area (Å²) in [6, 6.07) is 6.41. The summed E-state index contributed by atoms with van der Waals surface area (Å²) in [5, 5.41) is 11.4. The Kier molecular flexibility index (Phi) is 3.93. The van der Waals surface area contributed by atoms with E-state index < -0.39 is 22.2 Å². The van der Waals surface area contributed by atoms with Gasteiger partial charge in [-0.1, -0.05) is 25.0 Å². The molecule has 3 rings (SSSR count). The molecule has 1 aromatic heterocycles. The standard InChI is InChI=1S/C15H18N2O3S/c18-14-6-2-1-5-13(14)17-21(19,20)15-7-3-4-11-10-16-9-8-12(11)15/h3-4,7-10,13-14,17-18H,1-2,5-6H2/t13-,14-/m0/s1. The zero-order valence-corrected chi connectivity index (χ0v) is 12.4. The molecule has 0 spiro atoms. The Balaban J connectivity index is 1.97. The molecule has 0 aliphatic heterocycles. The van der Waals surface area contributed by atoms with Crippen LogP contribution in [-0.2, 0) is 10.0 Å². The Bertz CT molecular complexity index is 740. The zero-order chi connectivity index (χ0) is 14.9. The third kappa shape index (κ3) is 2.92. The van der Waals surface area contributed by atoms with Crippen LogP contribution >= 0.6 is 0 Å². The van der Waals surface area contributed by atoms with E-state index in [1.54, 1.807) is 30.6 Å². The van der Waals surface area contributed by atoms with Gasteiger partial charge in [-0.05, 0) is 25.0 Å². The lowest BCUT2D eigenvalue weighted by Crippen LogP contribution is -2.44. The van der Waals surface area contributed by atoms with Crippen molar-refractivity contribution >= 4 is 20.8 Å². The number of aliphatic hydroxyl groups excluding tert-OH is 1. The van der Waals surface area contributed by atoms with Crippen LogP contribution in [0.5, 0.6) is 0 Å². The van der Waals surface area contributed by atoms with Crippen molar-refractivity contribution in [3.8, 4) is 0 Å². The molecule has 0 amide bonds. The Morgan fingerprint density at radius 1 is 1.19 bits per heavy atom. The Morgan fingerprint density at radius 2 is 2.00 bits per heavy atom. The Labute approximate surface area is 124 Å². The minimum Gasteiger partial charge on any atom is -0.391 e. The van der Waals surface area contributed by atoms with E-state index in [2.05, 4.69) is 9.71 Å². The summed E-state index contributed by atoms with van der Waals surface area (Å²) in [5.41, 5.74) is 0. The molecule has 21 heavy (non-hydrogen) atoms. The highest BCUT2D eigenvalue weighted by molar-refractivity contribution is 7.89. The molecule has 0 unspecified atom stereocenters. The topological polar surface area (TPSA) is 79.3 Å². The molecule has 2 N–H and O–H groups in total. The smallest absolute Gasteiger partial charge is 0.241 e. The lowest BCUT2D eigenvalue weighted by molar-refractivity contribution is 0.101. The number of rotatable bonds is 3. The number of fused-ring (bicyclic) bond motifs is 1. The van der Waals surface area contributed by atoms with Crippen LogP contribution < -0.4 is 4.72 Å². The van der Waals surface area contributed by atoms with Gasteiger partial charge in [0.15, 0.2) is 0 Å². The van der Waals surface area contributed by atoms with Crippen molar-refractivity contribution in [2.45, 2.75) is 42.7 Å². The van der Waals surface area contributed by atoms with E-state index in [0.717, 1.165) is 18.2 Å². The van der Waals surface area contributed by atoms with Gasteiger partial charge in [0.25, 0.3) is 0 Å². The van der Waals surface area contributed by atoms with Gasteiger partial charge in [0.2, 0.25) is 10.0 Å². The molecule has 2 atom stereocenters. The summed E-state index contributed by atoms with van der Waals surface area (Å²) in [5.74, 6) is 0. The van der Waals surface area contributed by atoms with Crippen LogP contribution in [0.2, 0.25) is 0 Å². The second kappa shape index (κ2) is 5.71. The minimum absolute atomic E-state index is 0.236. The molecule has 112 valence electrons. The maximum absolute atomic E-state index is 12.6. The molecular weight excluding hydrogens is 288 g/mol. The second-order valence-corrected chi connectivity index (χ2v) is 7.11. The van der Waals surface area contributed by atoms with E-state index in [0.29, 0.717) is 18.2 Å². The molecular formula is C15H18N2O3S. The van der Waals surface area contributed by atoms with Crippen molar-refractivity contribution in [2.24, 2.45) is 0 Å². The Morgan fingerprint density at radius 3 is 2.81 bits per heavy atom. The summed E-state index contributed by atoms with van der Waals surface area (Å²) >= 11 is 0. The number of nitrogens with zero attached hydrogens (tertiary/aromatic N) is 1. The molecule has 1 heterocycles. The number of sulfonamides is 1. The summed E-state index contributed by atoms with van der Waals surface area (Å²) in [6.45, 7) is 0. The quantitative estimate of drug-likeness (QED) is 0.906. The average Bonchev–Trinajstić information content (AvgIpc) is 2.49. The highest BCUT2D eigenvalue weighted by Crippen LogP contribution is 2.24. The molecule has 0 saturated heterocycles. The van der Waals surface area contributed by atoms with Gasteiger partial charge >= 0.3 is 0 Å². The van der Waals surface area contributed by atoms with Crippen LogP contribution in [0.25, 0.3) is 10.8 Å². The molecule has 1 aromatic carbocycles. The van der Waals surface area contributed by atoms with Gasteiger partial charge in [-0.3, -0.25) is 4.98 Å². The third-order valence-corrected chi connectivity index (χ3v) is 5.51. The van der Waals surface area contributed by atoms with Crippen molar-refractivity contribution < 1.29 is 13.5 Å². The molecule has 1 fully saturated rings. The van der Waals surface area contributed by atoms with Crippen LogP contribution in [0.4, 0.5) is 0 Å². The highest BCUT2D eigenvalue weighted by atomic mass is 32.2. The molecule has 5 nitrogen and oxygen atoms in total. The molecule has 0 radical (unpaired) electrons. The number of aliphatic hydroxyl groups is 1. The first-order chi connectivity index (χ1) is 10.1. The normalized spacial score (nSPS) is 23.3. The van der Waals surface area contributed by atoms with Gasteiger partial charge in [-0.2, -0.15) is 0 Å². The van der Waals surface area contributed by atoms with Gasteiger partial charge in [-0.15, -0.1) is 0 Å². The SMILES string of the molecule is O=S(=O)(N[C@H]1CCCC[C@@H]1O)c1cccc2cnccc12. The van der Waals surface area contributed by atoms with Gasteiger partial charge in [0.1, 0.15) is 0 Å². The van der Waals surface area contributed by atoms with Crippen molar-refractivity contribution in [3.05, 3.63) is 36.7 Å². The Hall–Kier alpha value is -1.50. The first-order valence-electron chi connectivity index (χ1n) is 7.11. The molecule has 1 aliphatic rings. The lowest BCUT2D eigenvalue weighted by atomic mass is 9.93. The van der Waals surface area contributed by atoms with Crippen molar-refractivity contribution in [3.63, 3.8) is 0 Å². The summed E-state index contributed by atoms with van der Waals surface area (Å²) in [6.07, 6.45) is 5.81. The van der Waals surface area contributed by atoms with Crippen LogP contribution in [-0.4, -0.2) is 30.7 Å². The number of benzene rings is 1. The number of hydrogen-bond acceptors (Lipinski definition) is 4. The fraction of sp³-hybridized carbons (Fsp3) is 0.400. The second-order valence-electron chi connectivity index (χ2n) is 5.43. The fourth-order valence-electron chi connectivity index (χ4n) is 2.84. The van der Waals surface area contributed by atoms with Gasteiger partial charge in [0.05, 0.1) is 11.0 Å².